The molecule has 0 bridgehead atoms. The highest BCUT2D eigenvalue weighted by molar-refractivity contribution is 5.80. The van der Waals surface area contributed by atoms with Crippen LogP contribution in [-0.4, -0.2) is 31.6 Å². The molecular weight excluding hydrogens is 426 g/mol. The summed E-state index contributed by atoms with van der Waals surface area (Å²) >= 11 is 0. The molecule has 0 atom stereocenters. The fourth-order valence-corrected chi connectivity index (χ4v) is 6.12. The van der Waals surface area contributed by atoms with E-state index in [1.165, 1.54) is 70.6 Å². The highest BCUT2D eigenvalue weighted by atomic mass is 16.7. The first-order valence-electron chi connectivity index (χ1n) is 14.5. The summed E-state index contributed by atoms with van der Waals surface area (Å²) in [7, 11) is 0. The second kappa shape index (κ2) is 14.4. The molecule has 1 saturated heterocycles. The quantitative estimate of drug-likeness (QED) is 0.218. The Morgan fingerprint density at radius 2 is 1.38 bits per heavy atom. The Kier molecular flexibility index (Phi) is 11.7. The standard InChI is InChI=1S/C29H49NO4/c1-3-5-7-8-9-11-24-14-18-26(19-15-24)34-28(31)29(20-30)21-32-27(33-22-29)25-16-12-23(13-17-25)10-6-4-2/h23-27H,3-19,21-22H2,1-2H3/t23?,24?,25?,26?,27-,29+. The first-order valence-corrected chi connectivity index (χ1v) is 14.5. The van der Waals surface area contributed by atoms with Gasteiger partial charge < -0.3 is 14.2 Å². The summed E-state index contributed by atoms with van der Waals surface area (Å²) in [5.41, 5.74) is -1.31. The summed E-state index contributed by atoms with van der Waals surface area (Å²) in [6, 6.07) is 2.19. The summed E-state index contributed by atoms with van der Waals surface area (Å²) in [5, 5.41) is 9.85. The second-order valence-electron chi connectivity index (χ2n) is 11.4. The lowest BCUT2D eigenvalue weighted by atomic mass is 9.79. The van der Waals surface area contributed by atoms with Crippen molar-refractivity contribution < 1.29 is 19.0 Å². The number of hydrogen-bond acceptors (Lipinski definition) is 5. The van der Waals surface area contributed by atoms with Gasteiger partial charge in [-0.1, -0.05) is 71.6 Å². The minimum Gasteiger partial charge on any atom is -0.461 e. The van der Waals surface area contributed by atoms with Crippen molar-refractivity contribution in [3.8, 4) is 6.07 Å². The van der Waals surface area contributed by atoms with Crippen molar-refractivity contribution in [2.75, 3.05) is 13.2 Å². The van der Waals surface area contributed by atoms with E-state index in [4.69, 9.17) is 14.2 Å². The van der Waals surface area contributed by atoms with E-state index >= 15 is 0 Å². The van der Waals surface area contributed by atoms with Crippen molar-refractivity contribution in [1.82, 2.24) is 0 Å². The highest BCUT2D eigenvalue weighted by Gasteiger charge is 2.48. The van der Waals surface area contributed by atoms with Gasteiger partial charge in [-0.05, 0) is 63.2 Å². The van der Waals surface area contributed by atoms with E-state index < -0.39 is 11.4 Å². The number of ether oxygens (including phenoxy) is 3. The number of nitrogens with zero attached hydrogens (tertiary/aromatic N) is 1. The van der Waals surface area contributed by atoms with Gasteiger partial charge in [-0.2, -0.15) is 5.26 Å². The third kappa shape index (κ3) is 7.95. The minimum atomic E-state index is -1.31. The van der Waals surface area contributed by atoms with Crippen LogP contribution in [0.3, 0.4) is 0 Å². The Balaban J connectivity index is 1.36. The van der Waals surface area contributed by atoms with Crippen molar-refractivity contribution in [2.45, 2.75) is 135 Å². The predicted octanol–water partition coefficient (Wildman–Crippen LogP) is 7.33. The molecule has 0 N–H and O–H groups in total. The monoisotopic (exact) mass is 475 g/mol. The normalized spacial score (nSPS) is 34.3. The molecule has 34 heavy (non-hydrogen) atoms. The maximum atomic E-state index is 13.0. The number of hydrogen-bond donors (Lipinski definition) is 0. The fraction of sp³-hybridized carbons (Fsp3) is 0.931. The molecule has 1 heterocycles. The van der Waals surface area contributed by atoms with Crippen LogP contribution in [0.4, 0.5) is 0 Å². The largest absolute Gasteiger partial charge is 0.461 e. The van der Waals surface area contributed by atoms with Gasteiger partial charge in [-0.25, -0.2) is 0 Å². The van der Waals surface area contributed by atoms with Crippen molar-refractivity contribution in [3.05, 3.63) is 0 Å². The van der Waals surface area contributed by atoms with Crippen LogP contribution < -0.4 is 0 Å². The molecule has 5 heteroatoms. The molecule has 2 aliphatic carbocycles. The zero-order valence-corrected chi connectivity index (χ0v) is 21.9. The van der Waals surface area contributed by atoms with Crippen LogP contribution in [0.25, 0.3) is 0 Å². The zero-order chi connectivity index (χ0) is 24.2. The molecule has 0 aromatic heterocycles. The molecule has 2 saturated carbocycles. The van der Waals surface area contributed by atoms with Gasteiger partial charge in [0.25, 0.3) is 0 Å². The van der Waals surface area contributed by atoms with Gasteiger partial charge in [0.05, 0.1) is 19.3 Å². The van der Waals surface area contributed by atoms with E-state index in [0.29, 0.717) is 5.92 Å². The summed E-state index contributed by atoms with van der Waals surface area (Å²) in [6.07, 6.45) is 20.3. The van der Waals surface area contributed by atoms with Crippen LogP contribution in [0.15, 0.2) is 0 Å². The number of nitriles is 1. The van der Waals surface area contributed by atoms with Crippen molar-refractivity contribution >= 4 is 5.97 Å². The van der Waals surface area contributed by atoms with Crippen LogP contribution in [0.1, 0.15) is 123 Å². The maximum absolute atomic E-state index is 13.0. The number of esters is 1. The summed E-state index contributed by atoms with van der Waals surface area (Å²) in [6.45, 7) is 4.69. The van der Waals surface area contributed by atoms with E-state index in [2.05, 4.69) is 19.9 Å². The number of carbonyl (C=O) groups is 1. The molecule has 3 aliphatic rings. The third-order valence-corrected chi connectivity index (χ3v) is 8.62. The Morgan fingerprint density at radius 1 is 0.824 bits per heavy atom. The predicted molar refractivity (Wildman–Crippen MR) is 134 cm³/mol. The lowest BCUT2D eigenvalue weighted by Gasteiger charge is -2.40. The minimum absolute atomic E-state index is 0.0646. The topological polar surface area (TPSA) is 68.6 Å². The Hall–Kier alpha value is -1.12. The molecule has 0 amide bonds. The van der Waals surface area contributed by atoms with E-state index in [9.17, 15) is 10.1 Å². The molecule has 1 aliphatic heterocycles. The first kappa shape index (κ1) is 27.5. The average molecular weight is 476 g/mol. The molecule has 0 radical (unpaired) electrons. The van der Waals surface area contributed by atoms with E-state index in [-0.39, 0.29) is 25.6 Å². The summed E-state index contributed by atoms with van der Waals surface area (Å²) in [4.78, 5) is 13.0. The molecule has 3 rings (SSSR count). The van der Waals surface area contributed by atoms with Crippen LogP contribution in [0.2, 0.25) is 0 Å². The molecule has 5 nitrogen and oxygen atoms in total. The van der Waals surface area contributed by atoms with Gasteiger partial charge in [0, 0.05) is 5.92 Å². The second-order valence-corrected chi connectivity index (χ2v) is 11.4. The Bertz CT molecular complexity index is 621. The average Bonchev–Trinajstić information content (AvgIpc) is 2.88. The molecule has 3 fully saturated rings. The summed E-state index contributed by atoms with van der Waals surface area (Å²) < 4.78 is 17.8. The number of carbonyl (C=O) groups excluding carboxylic acids is 1. The lowest BCUT2D eigenvalue weighted by Crippen LogP contribution is -2.50. The van der Waals surface area contributed by atoms with Gasteiger partial charge >= 0.3 is 5.97 Å². The van der Waals surface area contributed by atoms with Crippen molar-refractivity contribution in [2.24, 2.45) is 23.2 Å². The number of unbranched alkanes of at least 4 members (excludes halogenated alkanes) is 5. The maximum Gasteiger partial charge on any atom is 0.331 e. The Morgan fingerprint density at radius 3 is 1.97 bits per heavy atom. The van der Waals surface area contributed by atoms with Gasteiger partial charge in [0.15, 0.2) is 6.29 Å². The summed E-state index contributed by atoms with van der Waals surface area (Å²) in [5.74, 6) is 1.53. The van der Waals surface area contributed by atoms with Crippen LogP contribution >= 0.6 is 0 Å². The molecule has 0 aromatic carbocycles. The van der Waals surface area contributed by atoms with Crippen molar-refractivity contribution in [1.29, 1.82) is 5.26 Å². The Labute approximate surface area is 208 Å². The van der Waals surface area contributed by atoms with Gasteiger partial charge in [0.2, 0.25) is 5.41 Å². The van der Waals surface area contributed by atoms with Gasteiger partial charge in [0.1, 0.15) is 6.10 Å². The molecular formula is C29H49NO4. The van der Waals surface area contributed by atoms with E-state index in [1.54, 1.807) is 0 Å². The smallest absolute Gasteiger partial charge is 0.331 e. The van der Waals surface area contributed by atoms with E-state index in [0.717, 1.165) is 50.4 Å². The number of rotatable bonds is 12. The van der Waals surface area contributed by atoms with E-state index in [1.807, 2.05) is 0 Å². The van der Waals surface area contributed by atoms with Crippen LogP contribution in [0, 0.1) is 34.5 Å². The van der Waals surface area contributed by atoms with Gasteiger partial charge in [-0.15, -0.1) is 0 Å². The van der Waals surface area contributed by atoms with Crippen LogP contribution in [0.5, 0.6) is 0 Å². The third-order valence-electron chi connectivity index (χ3n) is 8.62. The van der Waals surface area contributed by atoms with Crippen LogP contribution in [-0.2, 0) is 19.0 Å². The zero-order valence-electron chi connectivity index (χ0n) is 21.9. The van der Waals surface area contributed by atoms with Crippen molar-refractivity contribution in [3.63, 3.8) is 0 Å². The highest BCUT2D eigenvalue weighted by Crippen LogP contribution is 2.38. The SMILES string of the molecule is CCCCCCCC1CCC(OC(=O)[C@]2(C#N)CO[C@H](C3CCC(CCCC)CC3)OC2)CC1. The first-order chi connectivity index (χ1) is 16.6. The van der Waals surface area contributed by atoms with Gasteiger partial charge in [-0.3, -0.25) is 4.79 Å². The fourth-order valence-electron chi connectivity index (χ4n) is 6.12. The molecule has 0 aromatic rings. The molecule has 194 valence electrons. The lowest BCUT2D eigenvalue weighted by molar-refractivity contribution is -0.247. The molecule has 0 unspecified atom stereocenters. The molecule has 0 spiro atoms.